The fourth-order valence-corrected chi connectivity index (χ4v) is 24.7. The first-order chi connectivity index (χ1) is 20.5. The van der Waals surface area contributed by atoms with Gasteiger partial charge in [-0.15, -0.1) is 0 Å². The Labute approximate surface area is 266 Å². The van der Waals surface area contributed by atoms with E-state index in [1.807, 2.05) is 0 Å². The summed E-state index contributed by atoms with van der Waals surface area (Å²) in [6, 6.07) is 66.8. The molecule has 0 saturated carbocycles. The number of rotatable bonds is 9. The molecule has 0 bridgehead atoms. The molecule has 0 amide bonds. The van der Waals surface area contributed by atoms with Crippen LogP contribution in [0.4, 0.5) is 0 Å². The van der Waals surface area contributed by atoms with Gasteiger partial charge in [0.2, 0.25) is 0 Å². The molecule has 0 unspecified atom stereocenters. The summed E-state index contributed by atoms with van der Waals surface area (Å²) in [5.41, 5.74) is 0. The summed E-state index contributed by atoms with van der Waals surface area (Å²) in [6.07, 6.45) is 1.84. The standard InChI is InChI=1S/C38H34Br2P2/c39-41(33-19-7-1-8-20-33,34-21-9-2-10-22-34,35-23-11-3-12-24-35)31-32-42(40,36-25-13-4-14-26-36,37-27-15-5-16-28-37)38-29-17-6-18-30-38/h1-30H,31-32H2. The minimum absolute atomic E-state index is 0.922. The second kappa shape index (κ2) is 11.7. The van der Waals surface area contributed by atoms with Crippen molar-refractivity contribution in [3.05, 3.63) is 182 Å². The van der Waals surface area contributed by atoms with Crippen LogP contribution in [-0.4, -0.2) is 12.3 Å². The monoisotopic (exact) mass is 710 g/mol. The van der Waals surface area contributed by atoms with Crippen LogP contribution in [0.25, 0.3) is 0 Å². The van der Waals surface area contributed by atoms with Crippen molar-refractivity contribution in [2.45, 2.75) is 0 Å². The average molecular weight is 712 g/mol. The van der Waals surface area contributed by atoms with Gasteiger partial charge in [0.25, 0.3) is 0 Å². The van der Waals surface area contributed by atoms with Gasteiger partial charge in [-0.25, -0.2) is 0 Å². The molecule has 0 aliphatic heterocycles. The van der Waals surface area contributed by atoms with Gasteiger partial charge in [0.1, 0.15) is 0 Å². The molecular weight excluding hydrogens is 678 g/mol. The molecule has 0 heterocycles. The molecule has 0 spiro atoms. The van der Waals surface area contributed by atoms with E-state index >= 15 is 0 Å². The molecule has 6 rings (SSSR count). The van der Waals surface area contributed by atoms with Crippen LogP contribution in [0.5, 0.6) is 0 Å². The molecule has 0 atom stereocenters. The Morgan fingerprint density at radius 3 is 0.548 bits per heavy atom. The molecule has 0 fully saturated rings. The summed E-state index contributed by atoms with van der Waals surface area (Å²) in [4.78, 5) is 0. The summed E-state index contributed by atoms with van der Waals surface area (Å²) in [7, 11) is 0. The van der Waals surface area contributed by atoms with Gasteiger partial charge in [0, 0.05) is 0 Å². The fourth-order valence-electron chi connectivity index (χ4n) is 6.48. The van der Waals surface area contributed by atoms with E-state index in [0.29, 0.717) is 0 Å². The average Bonchev–Trinajstić information content (AvgIpc) is 3.09. The Morgan fingerprint density at radius 2 is 0.405 bits per heavy atom. The van der Waals surface area contributed by atoms with Crippen molar-refractivity contribution in [2.24, 2.45) is 0 Å². The van der Waals surface area contributed by atoms with E-state index in [0.717, 1.165) is 12.3 Å². The number of hydrogen-bond donors (Lipinski definition) is 0. The molecule has 4 heteroatoms. The molecule has 0 N–H and O–H groups in total. The van der Waals surface area contributed by atoms with Gasteiger partial charge in [-0.3, -0.25) is 0 Å². The van der Waals surface area contributed by atoms with Crippen LogP contribution in [-0.2, 0) is 0 Å². The molecule has 0 aliphatic carbocycles. The van der Waals surface area contributed by atoms with Gasteiger partial charge < -0.3 is 0 Å². The van der Waals surface area contributed by atoms with Gasteiger partial charge in [0.15, 0.2) is 0 Å². The third-order valence-corrected chi connectivity index (χ3v) is 28.9. The van der Waals surface area contributed by atoms with E-state index in [2.05, 4.69) is 182 Å². The van der Waals surface area contributed by atoms with Crippen LogP contribution in [0, 0.1) is 0 Å². The van der Waals surface area contributed by atoms with Crippen molar-refractivity contribution in [3.8, 4) is 0 Å². The summed E-state index contributed by atoms with van der Waals surface area (Å²) < 4.78 is 0. The van der Waals surface area contributed by atoms with E-state index in [4.69, 9.17) is 31.0 Å². The zero-order valence-corrected chi connectivity index (χ0v) is 28.3. The van der Waals surface area contributed by atoms with Gasteiger partial charge in [0.05, 0.1) is 0 Å². The van der Waals surface area contributed by atoms with Crippen molar-refractivity contribution >= 4 is 73.4 Å². The van der Waals surface area contributed by atoms with Crippen LogP contribution in [0.3, 0.4) is 0 Å². The first-order valence-corrected chi connectivity index (χ1v) is 23.2. The van der Waals surface area contributed by atoms with Crippen molar-refractivity contribution in [1.29, 1.82) is 0 Å². The Kier molecular flexibility index (Phi) is 8.12. The third-order valence-electron chi connectivity index (χ3n) is 8.71. The SMILES string of the molecule is BrP(CCP(Br)(c1ccccc1)(c1ccccc1)c1ccccc1)(c1ccccc1)(c1ccccc1)c1ccccc1. The summed E-state index contributed by atoms with van der Waals surface area (Å²) in [6.45, 7) is 0. The quantitative estimate of drug-likeness (QED) is 0.132. The van der Waals surface area contributed by atoms with Crippen molar-refractivity contribution in [3.63, 3.8) is 0 Å². The second-order valence-electron chi connectivity index (χ2n) is 10.8. The van der Waals surface area contributed by atoms with Gasteiger partial charge >= 0.3 is 268 Å². The number of hydrogen-bond acceptors (Lipinski definition) is 0. The van der Waals surface area contributed by atoms with Gasteiger partial charge in [-0.05, 0) is 0 Å². The van der Waals surface area contributed by atoms with E-state index in [1.165, 1.54) is 31.8 Å². The van der Waals surface area contributed by atoms with E-state index in [1.54, 1.807) is 0 Å². The third kappa shape index (κ3) is 4.65. The molecule has 0 aromatic heterocycles. The molecule has 0 saturated heterocycles. The number of benzene rings is 6. The Bertz CT molecular complexity index is 1410. The molecule has 0 radical (unpaired) electrons. The van der Waals surface area contributed by atoms with Crippen LogP contribution in [0.1, 0.15) is 0 Å². The molecule has 0 nitrogen and oxygen atoms in total. The van der Waals surface area contributed by atoms with Crippen molar-refractivity contribution in [1.82, 2.24) is 0 Å². The van der Waals surface area contributed by atoms with E-state index < -0.39 is 10.6 Å². The molecule has 6 aromatic rings. The summed E-state index contributed by atoms with van der Waals surface area (Å²) in [5, 5.41) is 1.65. The van der Waals surface area contributed by atoms with E-state index in [9.17, 15) is 0 Å². The van der Waals surface area contributed by atoms with Crippen LogP contribution < -0.4 is 31.8 Å². The fraction of sp³-hybridized carbons (Fsp3) is 0.0526. The predicted octanol–water partition coefficient (Wildman–Crippen LogP) is 8.67. The summed E-state index contributed by atoms with van der Waals surface area (Å²) in [5.74, 6) is 0. The molecule has 6 aromatic carbocycles. The first-order valence-electron chi connectivity index (χ1n) is 14.3. The zero-order valence-electron chi connectivity index (χ0n) is 23.4. The molecule has 42 heavy (non-hydrogen) atoms. The van der Waals surface area contributed by atoms with Crippen molar-refractivity contribution in [2.75, 3.05) is 12.3 Å². The maximum atomic E-state index is 4.74. The van der Waals surface area contributed by atoms with Crippen LogP contribution >= 0.6 is 41.6 Å². The topological polar surface area (TPSA) is 0 Å². The van der Waals surface area contributed by atoms with Crippen molar-refractivity contribution < 1.29 is 0 Å². The molecular formula is C38H34Br2P2. The Hall–Kier alpha value is -2.86. The van der Waals surface area contributed by atoms with E-state index in [-0.39, 0.29) is 0 Å². The normalized spacial score (nSPS) is 13.8. The Balaban J connectivity index is 1.71. The minimum atomic E-state index is -3.19. The second-order valence-corrected chi connectivity index (χ2v) is 28.9. The predicted molar refractivity (Wildman–Crippen MR) is 198 cm³/mol. The number of halogens is 2. The van der Waals surface area contributed by atoms with Crippen LogP contribution in [0.2, 0.25) is 0 Å². The summed E-state index contributed by atoms with van der Waals surface area (Å²) >= 11 is 9.49. The Morgan fingerprint density at radius 1 is 0.262 bits per heavy atom. The zero-order chi connectivity index (χ0) is 29.0. The maximum absolute atomic E-state index is 4.74. The van der Waals surface area contributed by atoms with Crippen LogP contribution in [0.15, 0.2) is 182 Å². The van der Waals surface area contributed by atoms with Gasteiger partial charge in [-0.2, -0.15) is 0 Å². The first kappa shape index (κ1) is 29.2. The molecule has 210 valence electrons. The molecule has 0 aliphatic rings. The van der Waals surface area contributed by atoms with Gasteiger partial charge in [-0.1, -0.05) is 0 Å².